The van der Waals surface area contributed by atoms with Crippen LogP contribution in [0.4, 0.5) is 8.78 Å². The van der Waals surface area contributed by atoms with Gasteiger partial charge in [0.1, 0.15) is 17.3 Å². The van der Waals surface area contributed by atoms with Gasteiger partial charge in [0.25, 0.3) is 0 Å². The molecule has 0 aliphatic heterocycles. The molecule has 0 spiro atoms. The summed E-state index contributed by atoms with van der Waals surface area (Å²) >= 11 is 3.15. The molecule has 0 bridgehead atoms. The number of alkyl halides is 2. The minimum atomic E-state index is -1.59. The van der Waals surface area contributed by atoms with Gasteiger partial charge in [-0.2, -0.15) is 0 Å². The van der Waals surface area contributed by atoms with Crippen molar-refractivity contribution in [1.29, 1.82) is 0 Å². The summed E-state index contributed by atoms with van der Waals surface area (Å²) in [7, 11) is 1.52. The highest BCUT2D eigenvalue weighted by atomic mass is 79.9. The topological polar surface area (TPSA) is 22.1 Å². The number of methoxy groups -OCH3 is 1. The van der Waals surface area contributed by atoms with Gasteiger partial charge in [0.05, 0.1) is 12.8 Å². The minimum absolute atomic E-state index is 0.140. The smallest absolute Gasteiger partial charge is 0.159 e. The van der Waals surface area contributed by atoms with Gasteiger partial charge in [-0.3, -0.25) is 0 Å². The molecule has 2 rings (SSSR count). The van der Waals surface area contributed by atoms with E-state index in [1.807, 2.05) is 0 Å². The number of benzene rings is 1. The Bertz CT molecular complexity index is 659. The molecule has 0 saturated carbocycles. The maximum absolute atomic E-state index is 14.4. The van der Waals surface area contributed by atoms with Crippen molar-refractivity contribution in [3.8, 4) is 17.0 Å². The Balaban J connectivity index is 2.59. The molecular formula is C16H16BrF2NO. The van der Waals surface area contributed by atoms with Crippen LogP contribution in [0.5, 0.6) is 5.75 Å². The summed E-state index contributed by atoms with van der Waals surface area (Å²) in [6.45, 7) is 3.13. The van der Waals surface area contributed by atoms with E-state index in [2.05, 4.69) is 20.9 Å². The van der Waals surface area contributed by atoms with Crippen LogP contribution in [0.1, 0.15) is 18.2 Å². The van der Waals surface area contributed by atoms with E-state index in [0.29, 0.717) is 28.3 Å². The molecule has 1 aromatic carbocycles. The molecule has 2 aromatic rings. The molecule has 0 amide bonds. The van der Waals surface area contributed by atoms with Crippen LogP contribution in [0.2, 0.25) is 0 Å². The Labute approximate surface area is 131 Å². The zero-order chi connectivity index (χ0) is 15.6. The quantitative estimate of drug-likeness (QED) is 0.736. The third kappa shape index (κ3) is 3.23. The number of halogens is 3. The molecule has 0 aliphatic rings. The van der Waals surface area contributed by atoms with Crippen molar-refractivity contribution in [2.24, 2.45) is 0 Å². The zero-order valence-electron chi connectivity index (χ0n) is 12.1. The average Bonchev–Trinajstić information content (AvgIpc) is 2.49. The Morgan fingerprint density at radius 1 is 1.29 bits per heavy atom. The summed E-state index contributed by atoms with van der Waals surface area (Å²) < 4.78 is 33.1. The largest absolute Gasteiger partial charge is 0.494 e. The number of nitrogens with zero attached hydrogens (tertiary/aromatic N) is 1. The first-order chi connectivity index (χ1) is 9.89. The van der Waals surface area contributed by atoms with Crippen LogP contribution in [0.15, 0.2) is 30.3 Å². The highest BCUT2D eigenvalue weighted by molar-refractivity contribution is 9.09. The molecule has 112 valence electrons. The minimum Gasteiger partial charge on any atom is -0.494 e. The van der Waals surface area contributed by atoms with Crippen molar-refractivity contribution in [3.05, 3.63) is 47.4 Å². The zero-order valence-corrected chi connectivity index (χ0v) is 13.7. The normalized spacial score (nSPS) is 13.8. The molecule has 5 heteroatoms. The Morgan fingerprint density at radius 2 is 2.00 bits per heavy atom. The van der Waals surface area contributed by atoms with Gasteiger partial charge in [-0.1, -0.05) is 15.9 Å². The maximum atomic E-state index is 14.4. The van der Waals surface area contributed by atoms with Crippen LogP contribution in [0.25, 0.3) is 11.3 Å². The summed E-state index contributed by atoms with van der Waals surface area (Å²) in [5.74, 6) is 0.236. The van der Waals surface area contributed by atoms with Crippen LogP contribution in [0, 0.1) is 12.7 Å². The SMILES string of the molecule is COc1ccc(C(C)(F)CBr)nc1-c1ccc(F)c(C)c1. The Morgan fingerprint density at radius 3 is 2.57 bits per heavy atom. The van der Waals surface area contributed by atoms with Gasteiger partial charge in [0, 0.05) is 10.9 Å². The van der Waals surface area contributed by atoms with Crippen molar-refractivity contribution < 1.29 is 13.5 Å². The van der Waals surface area contributed by atoms with E-state index in [0.717, 1.165) is 0 Å². The molecule has 2 nitrogen and oxygen atoms in total. The van der Waals surface area contributed by atoms with Gasteiger partial charge in [-0.05, 0) is 49.7 Å². The van der Waals surface area contributed by atoms with Crippen molar-refractivity contribution in [2.75, 3.05) is 12.4 Å². The average molecular weight is 356 g/mol. The van der Waals surface area contributed by atoms with E-state index < -0.39 is 5.67 Å². The predicted molar refractivity (Wildman–Crippen MR) is 83.2 cm³/mol. The van der Waals surface area contributed by atoms with Crippen molar-refractivity contribution >= 4 is 15.9 Å². The summed E-state index contributed by atoms with van der Waals surface area (Å²) in [4.78, 5) is 4.37. The molecule has 0 N–H and O–H groups in total. The first-order valence-corrected chi connectivity index (χ1v) is 7.58. The molecule has 1 unspecified atom stereocenters. The Kier molecular flexibility index (Phi) is 4.61. The number of hydrogen-bond donors (Lipinski definition) is 0. The van der Waals surface area contributed by atoms with E-state index >= 15 is 0 Å². The second kappa shape index (κ2) is 6.10. The summed E-state index contributed by atoms with van der Waals surface area (Å²) in [6.07, 6.45) is 0. The second-order valence-electron chi connectivity index (χ2n) is 5.04. The van der Waals surface area contributed by atoms with Crippen LogP contribution >= 0.6 is 15.9 Å². The molecule has 0 saturated heterocycles. The van der Waals surface area contributed by atoms with Crippen molar-refractivity contribution in [1.82, 2.24) is 4.98 Å². The molecule has 1 heterocycles. The summed E-state index contributed by atoms with van der Waals surface area (Å²) in [5, 5.41) is 0.140. The van der Waals surface area contributed by atoms with Crippen molar-refractivity contribution in [3.63, 3.8) is 0 Å². The lowest BCUT2D eigenvalue weighted by Gasteiger charge is -2.19. The predicted octanol–water partition coefficient (Wildman–Crippen LogP) is 4.78. The van der Waals surface area contributed by atoms with E-state index in [4.69, 9.17) is 4.74 Å². The van der Waals surface area contributed by atoms with Gasteiger partial charge < -0.3 is 4.74 Å². The summed E-state index contributed by atoms with van der Waals surface area (Å²) in [6, 6.07) is 7.93. The fourth-order valence-electron chi connectivity index (χ4n) is 1.97. The van der Waals surface area contributed by atoms with E-state index in [-0.39, 0.29) is 11.1 Å². The van der Waals surface area contributed by atoms with Crippen LogP contribution in [0.3, 0.4) is 0 Å². The number of aryl methyl sites for hydroxylation is 1. The van der Waals surface area contributed by atoms with E-state index in [1.54, 1.807) is 31.2 Å². The molecule has 0 aliphatic carbocycles. The van der Waals surface area contributed by atoms with Gasteiger partial charge in [-0.15, -0.1) is 0 Å². The monoisotopic (exact) mass is 355 g/mol. The van der Waals surface area contributed by atoms with Gasteiger partial charge >= 0.3 is 0 Å². The lowest BCUT2D eigenvalue weighted by molar-refractivity contribution is 0.223. The Hall–Kier alpha value is -1.49. The molecular weight excluding hydrogens is 340 g/mol. The van der Waals surface area contributed by atoms with Gasteiger partial charge in [-0.25, -0.2) is 13.8 Å². The fourth-order valence-corrected chi connectivity index (χ4v) is 2.26. The third-order valence-electron chi connectivity index (χ3n) is 3.29. The van der Waals surface area contributed by atoms with Gasteiger partial charge in [0.2, 0.25) is 0 Å². The number of hydrogen-bond acceptors (Lipinski definition) is 2. The molecule has 21 heavy (non-hydrogen) atoms. The lowest BCUT2D eigenvalue weighted by Crippen LogP contribution is -2.19. The highest BCUT2D eigenvalue weighted by Crippen LogP contribution is 2.33. The molecule has 0 radical (unpaired) electrons. The first kappa shape index (κ1) is 15.9. The molecule has 1 atom stereocenters. The van der Waals surface area contributed by atoms with E-state index in [1.165, 1.54) is 20.1 Å². The van der Waals surface area contributed by atoms with Crippen molar-refractivity contribution in [2.45, 2.75) is 19.5 Å². The standard InChI is InChI=1S/C16H16BrF2NO/c1-10-8-11(4-5-12(10)18)15-13(21-3)6-7-14(20-15)16(2,19)9-17/h4-8H,9H2,1-3H3. The number of pyridine rings is 1. The third-order valence-corrected chi connectivity index (χ3v) is 4.35. The number of ether oxygens (including phenoxy) is 1. The highest BCUT2D eigenvalue weighted by Gasteiger charge is 2.27. The fraction of sp³-hybridized carbons (Fsp3) is 0.312. The van der Waals surface area contributed by atoms with Gasteiger partial charge in [0.15, 0.2) is 5.67 Å². The summed E-state index contributed by atoms with van der Waals surface area (Å²) in [5.41, 5.74) is 0.416. The van der Waals surface area contributed by atoms with Crippen LogP contribution in [-0.4, -0.2) is 17.4 Å². The number of rotatable bonds is 4. The first-order valence-electron chi connectivity index (χ1n) is 6.46. The maximum Gasteiger partial charge on any atom is 0.159 e. The van der Waals surface area contributed by atoms with Crippen LogP contribution in [-0.2, 0) is 5.67 Å². The molecule has 0 fully saturated rings. The van der Waals surface area contributed by atoms with E-state index in [9.17, 15) is 8.78 Å². The second-order valence-corrected chi connectivity index (χ2v) is 5.60. The lowest BCUT2D eigenvalue weighted by atomic mass is 10.0. The molecule has 1 aromatic heterocycles. The van der Waals surface area contributed by atoms with Crippen LogP contribution < -0.4 is 4.74 Å². The number of aromatic nitrogens is 1.